The third-order valence-corrected chi connectivity index (χ3v) is 2.65. The Morgan fingerprint density at radius 1 is 0.737 bits per heavy atom. The van der Waals surface area contributed by atoms with E-state index in [1.807, 2.05) is 0 Å². The Morgan fingerprint density at radius 3 is 1.74 bits per heavy atom. The van der Waals surface area contributed by atoms with Crippen LogP contribution in [0.15, 0.2) is 71.1 Å². The molecule has 0 radical (unpaired) electrons. The summed E-state index contributed by atoms with van der Waals surface area (Å²) in [7, 11) is 0. The van der Waals surface area contributed by atoms with Crippen molar-refractivity contribution >= 4 is 15.9 Å². The lowest BCUT2D eigenvalue weighted by Gasteiger charge is -2.05. The molecule has 0 aliphatic heterocycles. The van der Waals surface area contributed by atoms with Crippen LogP contribution in [-0.4, -0.2) is 0 Å². The van der Waals surface area contributed by atoms with Gasteiger partial charge in [-0.05, 0) is 36.4 Å². The molecular weight excluding hydrogens is 318 g/mol. The molecule has 0 aliphatic carbocycles. The van der Waals surface area contributed by atoms with Gasteiger partial charge >= 0.3 is 12.0 Å². The van der Waals surface area contributed by atoms with Crippen molar-refractivity contribution in [3.63, 3.8) is 0 Å². The highest BCUT2D eigenvalue weighted by Gasteiger charge is 2.11. The Morgan fingerprint density at radius 2 is 1.21 bits per heavy atom. The first-order valence-corrected chi connectivity index (χ1v) is 6.16. The van der Waals surface area contributed by atoms with Gasteiger partial charge in [-0.2, -0.15) is 8.78 Å². The first-order chi connectivity index (χ1) is 9.15. The van der Waals surface area contributed by atoms with Crippen LogP contribution in [0.2, 0.25) is 0 Å². The lowest BCUT2D eigenvalue weighted by atomic mass is 10.3. The Bertz CT molecular complexity index is 568. The van der Waals surface area contributed by atoms with Gasteiger partial charge in [-0.1, -0.05) is 34.1 Å². The average molecular weight is 327 g/mol. The molecule has 0 fully saturated rings. The highest BCUT2D eigenvalue weighted by atomic mass is 79.9. The summed E-state index contributed by atoms with van der Waals surface area (Å²) < 4.78 is 37.0. The third-order valence-electron chi connectivity index (χ3n) is 2.13. The Hall–Kier alpha value is -1.88. The summed E-state index contributed by atoms with van der Waals surface area (Å²) in [4.78, 5) is 0. The van der Waals surface area contributed by atoms with E-state index in [0.29, 0.717) is 0 Å². The lowest BCUT2D eigenvalue weighted by Crippen LogP contribution is -1.98. The number of halogens is 3. The SMILES string of the molecule is F/C(Oc1ccccc1)=C(/F)Oc1ccc(Br)cc1. The fourth-order valence-corrected chi connectivity index (χ4v) is 1.54. The summed E-state index contributed by atoms with van der Waals surface area (Å²) in [6.07, 6.45) is 0. The minimum atomic E-state index is -1.42. The zero-order valence-corrected chi connectivity index (χ0v) is 11.2. The second-order valence-corrected chi connectivity index (χ2v) is 4.43. The van der Waals surface area contributed by atoms with Crippen LogP contribution in [0.1, 0.15) is 0 Å². The maximum absolute atomic E-state index is 13.4. The van der Waals surface area contributed by atoms with Gasteiger partial charge < -0.3 is 9.47 Å². The molecule has 0 aromatic heterocycles. The summed E-state index contributed by atoms with van der Waals surface area (Å²) in [5.41, 5.74) is 0. The molecule has 5 heteroatoms. The van der Waals surface area contributed by atoms with Crippen LogP contribution in [0.4, 0.5) is 8.78 Å². The number of rotatable bonds is 4. The molecule has 0 unspecified atom stereocenters. The van der Waals surface area contributed by atoms with Gasteiger partial charge in [0, 0.05) is 4.47 Å². The van der Waals surface area contributed by atoms with Gasteiger partial charge in [-0.25, -0.2) is 0 Å². The maximum Gasteiger partial charge on any atom is 0.352 e. The molecule has 0 bridgehead atoms. The van der Waals surface area contributed by atoms with Crippen molar-refractivity contribution in [3.05, 3.63) is 71.1 Å². The minimum Gasteiger partial charge on any atom is -0.427 e. The molecule has 0 saturated heterocycles. The molecule has 2 rings (SSSR count). The van der Waals surface area contributed by atoms with E-state index in [0.717, 1.165) is 4.47 Å². The van der Waals surface area contributed by atoms with Crippen LogP contribution in [0, 0.1) is 0 Å². The van der Waals surface area contributed by atoms with E-state index in [1.165, 1.54) is 24.3 Å². The van der Waals surface area contributed by atoms with Crippen LogP contribution in [0.5, 0.6) is 11.5 Å². The maximum atomic E-state index is 13.4. The van der Waals surface area contributed by atoms with Crippen molar-refractivity contribution in [3.8, 4) is 11.5 Å². The van der Waals surface area contributed by atoms with Crippen LogP contribution in [-0.2, 0) is 0 Å². The van der Waals surface area contributed by atoms with Crippen molar-refractivity contribution in [2.45, 2.75) is 0 Å². The standard InChI is InChI=1S/C14H9BrF2O2/c15-10-6-8-12(9-7-10)19-14(17)13(16)18-11-4-2-1-3-5-11/h1-9H/b14-13+. The smallest absolute Gasteiger partial charge is 0.352 e. The van der Waals surface area contributed by atoms with E-state index < -0.39 is 12.0 Å². The van der Waals surface area contributed by atoms with Gasteiger partial charge in [-0.3, -0.25) is 0 Å². The molecule has 19 heavy (non-hydrogen) atoms. The first-order valence-electron chi connectivity index (χ1n) is 5.37. The Kier molecular flexibility index (Phi) is 4.52. The van der Waals surface area contributed by atoms with Crippen molar-refractivity contribution in [2.24, 2.45) is 0 Å². The van der Waals surface area contributed by atoms with Gasteiger partial charge in [0.05, 0.1) is 0 Å². The quantitative estimate of drug-likeness (QED) is 0.738. The van der Waals surface area contributed by atoms with Crippen LogP contribution < -0.4 is 9.47 Å². The topological polar surface area (TPSA) is 18.5 Å². The molecule has 0 saturated carbocycles. The predicted octanol–water partition coefficient (Wildman–Crippen LogP) is 4.97. The molecule has 0 spiro atoms. The zero-order chi connectivity index (χ0) is 13.7. The highest BCUT2D eigenvalue weighted by Crippen LogP contribution is 2.22. The number of ether oxygens (including phenoxy) is 2. The van der Waals surface area contributed by atoms with E-state index in [-0.39, 0.29) is 11.5 Å². The summed E-state index contributed by atoms with van der Waals surface area (Å²) in [5, 5.41) is 0. The third kappa shape index (κ3) is 4.06. The number of hydrogen-bond acceptors (Lipinski definition) is 2. The number of para-hydroxylation sites is 1. The summed E-state index contributed by atoms with van der Waals surface area (Å²) in [5.74, 6) is 0.363. The molecule has 0 N–H and O–H groups in total. The predicted molar refractivity (Wildman–Crippen MR) is 71.1 cm³/mol. The van der Waals surface area contributed by atoms with Crippen molar-refractivity contribution in [1.82, 2.24) is 0 Å². The normalized spacial score (nSPS) is 11.7. The largest absolute Gasteiger partial charge is 0.427 e. The second-order valence-electron chi connectivity index (χ2n) is 3.52. The minimum absolute atomic E-state index is 0.174. The molecular formula is C14H9BrF2O2. The molecule has 0 amide bonds. The lowest BCUT2D eigenvalue weighted by molar-refractivity contribution is 0.203. The second kappa shape index (κ2) is 6.33. The molecule has 2 aromatic rings. The van der Waals surface area contributed by atoms with Gasteiger partial charge in [0.1, 0.15) is 11.5 Å². The number of hydrogen-bond donors (Lipinski definition) is 0. The van der Waals surface area contributed by atoms with Crippen LogP contribution in [0.3, 0.4) is 0 Å². The van der Waals surface area contributed by atoms with E-state index in [1.54, 1.807) is 30.3 Å². The van der Waals surface area contributed by atoms with Crippen LogP contribution >= 0.6 is 15.9 Å². The van der Waals surface area contributed by atoms with Crippen LogP contribution in [0.25, 0.3) is 0 Å². The number of benzene rings is 2. The van der Waals surface area contributed by atoms with E-state index in [9.17, 15) is 8.78 Å². The average Bonchev–Trinajstić information content (AvgIpc) is 2.42. The highest BCUT2D eigenvalue weighted by molar-refractivity contribution is 9.10. The van der Waals surface area contributed by atoms with Crippen molar-refractivity contribution in [2.75, 3.05) is 0 Å². The summed E-state index contributed by atoms with van der Waals surface area (Å²) >= 11 is 3.22. The first kappa shape index (κ1) is 13.5. The Balaban J connectivity index is 2.06. The molecule has 2 aromatic carbocycles. The molecule has 2 nitrogen and oxygen atoms in total. The van der Waals surface area contributed by atoms with Gasteiger partial charge in [0.2, 0.25) is 0 Å². The van der Waals surface area contributed by atoms with E-state index in [4.69, 9.17) is 4.74 Å². The fraction of sp³-hybridized carbons (Fsp3) is 0. The fourth-order valence-electron chi connectivity index (χ4n) is 1.28. The molecule has 0 heterocycles. The van der Waals surface area contributed by atoms with Gasteiger partial charge in [-0.15, -0.1) is 0 Å². The van der Waals surface area contributed by atoms with Gasteiger partial charge in [0.25, 0.3) is 0 Å². The molecule has 98 valence electrons. The monoisotopic (exact) mass is 326 g/mol. The Labute approximate surface area is 117 Å². The van der Waals surface area contributed by atoms with E-state index in [2.05, 4.69) is 20.7 Å². The zero-order valence-electron chi connectivity index (χ0n) is 9.65. The summed E-state index contributed by atoms with van der Waals surface area (Å²) in [6.45, 7) is 0. The van der Waals surface area contributed by atoms with Gasteiger partial charge in [0.15, 0.2) is 0 Å². The van der Waals surface area contributed by atoms with Crippen molar-refractivity contribution in [1.29, 1.82) is 0 Å². The molecule has 0 atom stereocenters. The van der Waals surface area contributed by atoms with Crippen molar-refractivity contribution < 1.29 is 18.3 Å². The van der Waals surface area contributed by atoms with E-state index >= 15 is 0 Å². The molecule has 0 aliphatic rings. The summed E-state index contributed by atoms with van der Waals surface area (Å²) in [6, 6.07) is 11.5.